The van der Waals surface area contributed by atoms with Gasteiger partial charge in [-0.2, -0.15) is 10.2 Å². The molecule has 2 aromatic heterocycles. The van der Waals surface area contributed by atoms with Crippen LogP contribution in [0.25, 0.3) is 11.1 Å². The Kier molecular flexibility index (Phi) is 7.09. The van der Waals surface area contributed by atoms with Crippen LogP contribution >= 0.6 is 15.9 Å². The maximum absolute atomic E-state index is 12.6. The molecule has 1 amide bonds. The molecule has 0 bridgehead atoms. The average Bonchev–Trinajstić information content (AvgIpc) is 3.58. The Morgan fingerprint density at radius 2 is 1.44 bits per heavy atom. The molecule has 180 valence electrons. The summed E-state index contributed by atoms with van der Waals surface area (Å²) in [5.74, 6) is 1.10. The minimum atomic E-state index is -0.339. The van der Waals surface area contributed by atoms with Crippen LogP contribution in [0.5, 0.6) is 11.5 Å². The van der Waals surface area contributed by atoms with Crippen LogP contribution in [0.2, 0.25) is 0 Å². The topological polar surface area (TPSA) is 83.2 Å². The Balaban J connectivity index is 1.11. The van der Waals surface area contributed by atoms with E-state index in [9.17, 15) is 4.79 Å². The number of hydrogen-bond acceptors (Lipinski definition) is 5. The van der Waals surface area contributed by atoms with Crippen molar-refractivity contribution < 1.29 is 14.3 Å². The van der Waals surface area contributed by atoms with Gasteiger partial charge in [-0.25, -0.2) is 9.36 Å². The van der Waals surface area contributed by atoms with Crippen LogP contribution in [0.3, 0.4) is 0 Å². The predicted molar refractivity (Wildman–Crippen MR) is 140 cm³/mol. The summed E-state index contributed by atoms with van der Waals surface area (Å²) in [6.07, 6.45) is 4.95. The first-order valence-electron chi connectivity index (χ1n) is 11.2. The number of anilines is 1. The number of nitrogens with one attached hydrogen (secondary N) is 1. The van der Waals surface area contributed by atoms with Crippen LogP contribution in [0.1, 0.15) is 10.5 Å². The molecule has 0 saturated carbocycles. The van der Waals surface area contributed by atoms with Crippen molar-refractivity contribution >= 4 is 27.5 Å². The molecule has 1 N–H and O–H groups in total. The molecule has 36 heavy (non-hydrogen) atoms. The van der Waals surface area contributed by atoms with Crippen molar-refractivity contribution in [2.24, 2.45) is 0 Å². The summed E-state index contributed by atoms with van der Waals surface area (Å²) in [5.41, 5.74) is 3.08. The Labute approximate surface area is 216 Å². The van der Waals surface area contributed by atoms with E-state index >= 15 is 0 Å². The number of carbonyl (C=O) groups is 1. The first kappa shape index (κ1) is 23.4. The maximum atomic E-state index is 12.6. The molecule has 9 heteroatoms. The van der Waals surface area contributed by atoms with Crippen LogP contribution in [0.15, 0.2) is 108 Å². The highest BCUT2D eigenvalue weighted by molar-refractivity contribution is 9.10. The number of nitrogens with zero attached hydrogens (tertiary/aromatic N) is 4. The fourth-order valence-corrected chi connectivity index (χ4v) is 3.70. The first-order chi connectivity index (χ1) is 17.6. The Morgan fingerprint density at radius 3 is 2.17 bits per heavy atom. The van der Waals surface area contributed by atoms with Gasteiger partial charge in [-0.05, 0) is 53.6 Å². The largest absolute Gasteiger partial charge is 0.471 e. The van der Waals surface area contributed by atoms with Gasteiger partial charge in [-0.3, -0.25) is 4.79 Å². The van der Waals surface area contributed by atoms with Crippen LogP contribution in [-0.2, 0) is 13.5 Å². The molecule has 2 heterocycles. The van der Waals surface area contributed by atoms with Gasteiger partial charge in [0.05, 0.1) is 18.1 Å². The molecule has 3 aromatic carbocycles. The summed E-state index contributed by atoms with van der Waals surface area (Å²) < 4.78 is 15.6. The lowest BCUT2D eigenvalue weighted by atomic mass is 10.1. The highest BCUT2D eigenvalue weighted by Gasteiger charge is 2.11. The molecule has 0 unspecified atom stereocenters. The molecule has 0 spiro atoms. The lowest BCUT2D eigenvalue weighted by Gasteiger charge is -2.07. The van der Waals surface area contributed by atoms with Gasteiger partial charge in [-0.1, -0.05) is 58.4 Å². The number of ether oxygens (including phenoxy) is 2. The van der Waals surface area contributed by atoms with Crippen molar-refractivity contribution in [1.82, 2.24) is 19.6 Å². The minimum Gasteiger partial charge on any atom is -0.471 e. The zero-order chi connectivity index (χ0) is 24.7. The van der Waals surface area contributed by atoms with E-state index < -0.39 is 0 Å². The summed E-state index contributed by atoms with van der Waals surface area (Å²) in [7, 11) is 0. The number of halogens is 1. The zero-order valence-electron chi connectivity index (χ0n) is 19.1. The second-order valence-electron chi connectivity index (χ2n) is 7.85. The molecule has 0 saturated heterocycles. The van der Waals surface area contributed by atoms with Gasteiger partial charge in [-0.15, -0.1) is 0 Å². The van der Waals surface area contributed by atoms with Crippen LogP contribution in [0.4, 0.5) is 5.69 Å². The number of benzene rings is 3. The molecule has 0 atom stereocenters. The lowest BCUT2D eigenvalue weighted by molar-refractivity contribution is 0.102. The number of hydrogen-bond donors (Lipinski definition) is 1. The molecule has 0 fully saturated rings. The van der Waals surface area contributed by atoms with E-state index in [-0.39, 0.29) is 25.1 Å². The first-order valence-corrected chi connectivity index (χ1v) is 12.0. The SMILES string of the molecule is O=C(Nc1cnn(COc2ccc(Br)cc2)c1)c1ccn(COc2ccc(-c3ccccc3)cc2)n1. The van der Waals surface area contributed by atoms with Gasteiger partial charge in [0.15, 0.2) is 19.2 Å². The average molecular weight is 544 g/mol. The predicted octanol–water partition coefficient (Wildman–Crippen LogP) is 5.83. The highest BCUT2D eigenvalue weighted by atomic mass is 79.9. The summed E-state index contributed by atoms with van der Waals surface area (Å²) in [6.45, 7) is 0.402. The fraction of sp³-hybridized carbons (Fsp3) is 0.0741. The van der Waals surface area contributed by atoms with Crippen LogP contribution < -0.4 is 14.8 Å². The van der Waals surface area contributed by atoms with Crippen molar-refractivity contribution in [3.8, 4) is 22.6 Å². The van der Waals surface area contributed by atoms with E-state index in [4.69, 9.17) is 9.47 Å². The van der Waals surface area contributed by atoms with E-state index in [2.05, 4.69) is 43.6 Å². The third-order valence-electron chi connectivity index (χ3n) is 5.27. The molecule has 0 radical (unpaired) electrons. The third kappa shape index (κ3) is 6.00. The van der Waals surface area contributed by atoms with Gasteiger partial charge >= 0.3 is 0 Å². The van der Waals surface area contributed by atoms with Crippen LogP contribution in [0, 0.1) is 0 Å². The minimum absolute atomic E-state index is 0.184. The Bertz CT molecular complexity index is 1430. The molecule has 0 aliphatic heterocycles. The second-order valence-corrected chi connectivity index (χ2v) is 8.77. The van der Waals surface area contributed by atoms with E-state index in [1.807, 2.05) is 66.7 Å². The van der Waals surface area contributed by atoms with Crippen molar-refractivity contribution in [1.29, 1.82) is 0 Å². The lowest BCUT2D eigenvalue weighted by Crippen LogP contribution is -2.14. The Hall–Kier alpha value is -4.37. The highest BCUT2D eigenvalue weighted by Crippen LogP contribution is 2.22. The molecular formula is C27H22BrN5O3. The summed E-state index contributed by atoms with van der Waals surface area (Å²) >= 11 is 3.39. The quantitative estimate of drug-likeness (QED) is 0.252. The number of rotatable bonds is 9. The van der Waals surface area contributed by atoms with E-state index in [0.29, 0.717) is 11.4 Å². The third-order valence-corrected chi connectivity index (χ3v) is 5.80. The monoisotopic (exact) mass is 543 g/mol. The van der Waals surface area contributed by atoms with Gasteiger partial charge in [0.25, 0.3) is 5.91 Å². The summed E-state index contributed by atoms with van der Waals surface area (Å²) in [6, 6.07) is 27.1. The van der Waals surface area contributed by atoms with E-state index in [0.717, 1.165) is 21.3 Å². The summed E-state index contributed by atoms with van der Waals surface area (Å²) in [5, 5.41) is 11.3. The van der Waals surface area contributed by atoms with E-state index in [1.165, 1.54) is 0 Å². The summed E-state index contributed by atoms with van der Waals surface area (Å²) in [4.78, 5) is 12.6. The van der Waals surface area contributed by atoms with Crippen molar-refractivity contribution in [3.05, 3.63) is 114 Å². The zero-order valence-corrected chi connectivity index (χ0v) is 20.7. The maximum Gasteiger partial charge on any atom is 0.276 e. The number of carbonyl (C=O) groups excluding carboxylic acids is 1. The van der Waals surface area contributed by atoms with Crippen molar-refractivity contribution in [3.63, 3.8) is 0 Å². The number of aromatic nitrogens is 4. The molecule has 5 aromatic rings. The molecule has 8 nitrogen and oxygen atoms in total. The van der Waals surface area contributed by atoms with Crippen molar-refractivity contribution in [2.75, 3.05) is 5.32 Å². The van der Waals surface area contributed by atoms with Crippen LogP contribution in [-0.4, -0.2) is 25.5 Å². The second kappa shape index (κ2) is 10.9. The molecule has 0 aliphatic rings. The fourth-order valence-electron chi connectivity index (χ4n) is 3.43. The van der Waals surface area contributed by atoms with Gasteiger partial charge in [0.2, 0.25) is 0 Å². The normalized spacial score (nSPS) is 10.7. The molecular weight excluding hydrogens is 522 g/mol. The van der Waals surface area contributed by atoms with E-state index in [1.54, 1.807) is 34.0 Å². The van der Waals surface area contributed by atoms with Gasteiger partial charge in [0.1, 0.15) is 11.5 Å². The molecule has 0 aliphatic carbocycles. The number of amides is 1. The van der Waals surface area contributed by atoms with Gasteiger partial charge < -0.3 is 14.8 Å². The van der Waals surface area contributed by atoms with Gasteiger partial charge in [0, 0.05) is 10.7 Å². The molecule has 5 rings (SSSR count). The Morgan fingerprint density at radius 1 is 0.806 bits per heavy atom. The smallest absolute Gasteiger partial charge is 0.276 e. The standard InChI is InChI=1S/C27H22BrN5O3/c28-22-8-12-25(13-9-22)36-19-33-17-23(16-29-33)30-27(34)26-14-15-32(31-26)18-35-24-10-6-21(7-11-24)20-4-2-1-3-5-20/h1-17H,18-19H2,(H,30,34). The van der Waals surface area contributed by atoms with Crippen molar-refractivity contribution in [2.45, 2.75) is 13.5 Å².